The normalized spacial score (nSPS) is 28.5. The highest BCUT2D eigenvalue weighted by Gasteiger charge is 2.40. The molecule has 0 spiro atoms. The Morgan fingerprint density at radius 1 is 1.22 bits per heavy atom. The number of hydrogen-bond acceptors (Lipinski definition) is 4. The molecule has 5 heteroatoms. The zero-order valence-corrected chi connectivity index (χ0v) is 14.7. The van der Waals surface area contributed by atoms with E-state index in [1.807, 2.05) is 13.8 Å². The lowest BCUT2D eigenvalue weighted by atomic mass is 9.68. The maximum Gasteiger partial charge on any atom is 0.296 e. The third-order valence-electron chi connectivity index (χ3n) is 5.14. The van der Waals surface area contributed by atoms with E-state index in [1.54, 1.807) is 30.3 Å². The van der Waals surface area contributed by atoms with Gasteiger partial charge in [-0.05, 0) is 56.6 Å². The predicted octanol–water partition coefficient (Wildman–Crippen LogP) is 3.59. The van der Waals surface area contributed by atoms with Crippen LogP contribution in [0.3, 0.4) is 0 Å². The molecule has 2 rings (SSSR count). The molecule has 1 fully saturated rings. The summed E-state index contributed by atoms with van der Waals surface area (Å²) in [6.45, 7) is 7.79. The third-order valence-corrected chi connectivity index (χ3v) is 6.41. The van der Waals surface area contributed by atoms with Crippen LogP contribution in [-0.4, -0.2) is 25.7 Å². The van der Waals surface area contributed by atoms with E-state index in [-0.39, 0.29) is 16.9 Å². The Balaban J connectivity index is 2.06. The molecule has 0 saturated heterocycles. The second-order valence-electron chi connectivity index (χ2n) is 6.69. The minimum atomic E-state index is -3.74. The van der Waals surface area contributed by atoms with Crippen LogP contribution in [0.15, 0.2) is 41.8 Å². The van der Waals surface area contributed by atoms with Crippen LogP contribution >= 0.6 is 0 Å². The molecule has 0 amide bonds. The number of rotatable bonds is 6. The van der Waals surface area contributed by atoms with Crippen LogP contribution < -0.4 is 0 Å². The van der Waals surface area contributed by atoms with Gasteiger partial charge in [0.25, 0.3) is 10.1 Å². The van der Waals surface area contributed by atoms with E-state index >= 15 is 0 Å². The predicted molar refractivity (Wildman–Crippen MR) is 90.7 cm³/mol. The van der Waals surface area contributed by atoms with E-state index in [1.165, 1.54) is 0 Å². The van der Waals surface area contributed by atoms with Gasteiger partial charge in [0.15, 0.2) is 0 Å². The Labute approximate surface area is 139 Å². The van der Waals surface area contributed by atoms with Gasteiger partial charge in [0.1, 0.15) is 0 Å². The van der Waals surface area contributed by atoms with Crippen LogP contribution in [0.4, 0.5) is 0 Å². The lowest BCUT2D eigenvalue weighted by molar-refractivity contribution is -0.0142. The SMILES string of the molecule is C=CC1(O)CCC(CC)(COS(=O)(=O)c2ccc(C)cc2)CC1. The molecular formula is C18H26O4S. The van der Waals surface area contributed by atoms with Crippen molar-refractivity contribution in [2.45, 2.75) is 56.4 Å². The first-order valence-electron chi connectivity index (χ1n) is 8.06. The summed E-state index contributed by atoms with van der Waals surface area (Å²) in [7, 11) is -3.74. The smallest absolute Gasteiger partial charge is 0.296 e. The zero-order valence-electron chi connectivity index (χ0n) is 13.9. The van der Waals surface area contributed by atoms with E-state index in [2.05, 4.69) is 6.58 Å². The molecule has 0 heterocycles. The summed E-state index contributed by atoms with van der Waals surface area (Å²) in [5.74, 6) is 0. The Bertz CT molecular complexity index is 638. The highest BCUT2D eigenvalue weighted by Crippen LogP contribution is 2.44. The van der Waals surface area contributed by atoms with Gasteiger partial charge in [-0.2, -0.15) is 8.42 Å². The van der Waals surface area contributed by atoms with E-state index < -0.39 is 15.7 Å². The molecule has 0 bridgehead atoms. The Hall–Kier alpha value is -1.17. The molecule has 0 radical (unpaired) electrons. The molecule has 1 aliphatic rings. The van der Waals surface area contributed by atoms with Crippen LogP contribution in [0.5, 0.6) is 0 Å². The van der Waals surface area contributed by atoms with Crippen LogP contribution in [0.1, 0.15) is 44.6 Å². The monoisotopic (exact) mass is 338 g/mol. The van der Waals surface area contributed by atoms with Crippen molar-refractivity contribution in [2.75, 3.05) is 6.61 Å². The fourth-order valence-corrected chi connectivity index (χ4v) is 4.00. The van der Waals surface area contributed by atoms with E-state index in [0.29, 0.717) is 12.8 Å². The molecule has 1 aromatic rings. The first kappa shape index (κ1) is 18.2. The minimum Gasteiger partial charge on any atom is -0.386 e. The molecule has 1 aliphatic carbocycles. The van der Waals surface area contributed by atoms with Gasteiger partial charge < -0.3 is 5.11 Å². The van der Waals surface area contributed by atoms with Gasteiger partial charge in [0.2, 0.25) is 0 Å². The van der Waals surface area contributed by atoms with Gasteiger partial charge in [-0.1, -0.05) is 30.7 Å². The summed E-state index contributed by atoms with van der Waals surface area (Å²) in [5.41, 5.74) is -0.0217. The molecule has 0 aliphatic heterocycles. The second kappa shape index (κ2) is 6.75. The number of hydrogen-bond donors (Lipinski definition) is 1. The van der Waals surface area contributed by atoms with Crippen LogP contribution in [0.2, 0.25) is 0 Å². The fraction of sp³-hybridized carbons (Fsp3) is 0.556. The van der Waals surface area contributed by atoms with Crippen molar-refractivity contribution in [2.24, 2.45) is 5.41 Å². The topological polar surface area (TPSA) is 63.6 Å². The van der Waals surface area contributed by atoms with E-state index in [4.69, 9.17) is 4.18 Å². The highest BCUT2D eigenvalue weighted by molar-refractivity contribution is 7.86. The van der Waals surface area contributed by atoms with Crippen LogP contribution in [-0.2, 0) is 14.3 Å². The van der Waals surface area contributed by atoms with E-state index in [0.717, 1.165) is 24.8 Å². The largest absolute Gasteiger partial charge is 0.386 e. The van der Waals surface area contributed by atoms with Crippen molar-refractivity contribution in [3.63, 3.8) is 0 Å². The number of benzene rings is 1. The summed E-state index contributed by atoms with van der Waals surface area (Å²) >= 11 is 0. The molecule has 0 aromatic heterocycles. The van der Waals surface area contributed by atoms with Crippen molar-refractivity contribution in [1.82, 2.24) is 0 Å². The minimum absolute atomic E-state index is 0.160. The van der Waals surface area contributed by atoms with Crippen molar-refractivity contribution in [3.05, 3.63) is 42.5 Å². The number of aryl methyl sites for hydroxylation is 1. The molecule has 1 saturated carbocycles. The maximum atomic E-state index is 12.3. The van der Waals surface area contributed by atoms with Crippen LogP contribution in [0, 0.1) is 12.3 Å². The van der Waals surface area contributed by atoms with E-state index in [9.17, 15) is 13.5 Å². The summed E-state index contributed by atoms with van der Waals surface area (Å²) in [6, 6.07) is 6.66. The summed E-state index contributed by atoms with van der Waals surface area (Å²) in [4.78, 5) is 0.188. The lowest BCUT2D eigenvalue weighted by Crippen LogP contribution is -2.40. The van der Waals surface area contributed by atoms with Crippen molar-refractivity contribution >= 4 is 10.1 Å². The van der Waals surface area contributed by atoms with Gasteiger partial charge in [0.05, 0.1) is 17.1 Å². The molecule has 128 valence electrons. The molecule has 23 heavy (non-hydrogen) atoms. The van der Waals surface area contributed by atoms with Gasteiger partial charge in [0, 0.05) is 0 Å². The third kappa shape index (κ3) is 4.22. The second-order valence-corrected chi connectivity index (χ2v) is 8.31. The molecule has 0 atom stereocenters. The number of aliphatic hydroxyl groups is 1. The molecule has 4 nitrogen and oxygen atoms in total. The van der Waals surface area contributed by atoms with Gasteiger partial charge >= 0.3 is 0 Å². The maximum absolute atomic E-state index is 12.3. The molecular weight excluding hydrogens is 312 g/mol. The first-order chi connectivity index (χ1) is 10.7. The Kier molecular flexibility index (Phi) is 5.33. The van der Waals surface area contributed by atoms with Gasteiger partial charge in [-0.25, -0.2) is 0 Å². The summed E-state index contributed by atoms with van der Waals surface area (Å²) in [6.07, 6.45) is 5.07. The summed E-state index contributed by atoms with van der Waals surface area (Å²) in [5, 5.41) is 10.3. The zero-order chi connectivity index (χ0) is 17.1. The average Bonchev–Trinajstić information content (AvgIpc) is 2.55. The lowest BCUT2D eigenvalue weighted by Gasteiger charge is -2.42. The van der Waals surface area contributed by atoms with Crippen molar-refractivity contribution in [3.8, 4) is 0 Å². The quantitative estimate of drug-likeness (QED) is 0.636. The van der Waals surface area contributed by atoms with Crippen LogP contribution in [0.25, 0.3) is 0 Å². The highest BCUT2D eigenvalue weighted by atomic mass is 32.2. The average molecular weight is 338 g/mol. The Morgan fingerprint density at radius 3 is 2.26 bits per heavy atom. The Morgan fingerprint density at radius 2 is 1.78 bits per heavy atom. The van der Waals surface area contributed by atoms with Gasteiger partial charge in [-0.3, -0.25) is 4.18 Å². The van der Waals surface area contributed by atoms with Crippen molar-refractivity contribution in [1.29, 1.82) is 0 Å². The van der Waals surface area contributed by atoms with Crippen molar-refractivity contribution < 1.29 is 17.7 Å². The van der Waals surface area contributed by atoms with Gasteiger partial charge in [-0.15, -0.1) is 6.58 Å². The fourth-order valence-electron chi connectivity index (χ4n) is 2.99. The first-order valence-corrected chi connectivity index (χ1v) is 9.47. The molecule has 1 N–H and O–H groups in total. The molecule has 0 unspecified atom stereocenters. The summed E-state index contributed by atoms with van der Waals surface area (Å²) < 4.78 is 30.0. The molecule has 1 aromatic carbocycles. The standard InChI is InChI=1S/C18H26O4S/c1-4-17(10-12-18(19,5-2)13-11-17)14-22-23(20,21)16-8-6-15(3)7-9-16/h5-9,19H,2,4,10-14H2,1,3H3.